The van der Waals surface area contributed by atoms with Crippen LogP contribution < -0.4 is 4.72 Å². The Hall–Kier alpha value is -2.56. The van der Waals surface area contributed by atoms with Crippen molar-refractivity contribution >= 4 is 33.3 Å². The number of nitrogens with zero attached hydrogens (tertiary/aromatic N) is 1. The summed E-state index contributed by atoms with van der Waals surface area (Å²) in [6.07, 6.45) is 0. The Morgan fingerprint density at radius 3 is 2.59 bits per heavy atom. The van der Waals surface area contributed by atoms with E-state index in [0.29, 0.717) is 0 Å². The number of anilines is 1. The summed E-state index contributed by atoms with van der Waals surface area (Å²) in [5.41, 5.74) is 0.0435. The van der Waals surface area contributed by atoms with E-state index in [1.54, 1.807) is 0 Å². The van der Waals surface area contributed by atoms with E-state index in [4.69, 9.17) is 22.0 Å². The summed E-state index contributed by atoms with van der Waals surface area (Å²) in [6, 6.07) is 11.1. The lowest BCUT2D eigenvalue weighted by molar-refractivity contribution is 0.0697. The van der Waals surface area contributed by atoms with Crippen LogP contribution >= 0.6 is 11.6 Å². The first-order chi connectivity index (χ1) is 10.3. The summed E-state index contributed by atoms with van der Waals surface area (Å²) in [4.78, 5) is 10.9. The van der Waals surface area contributed by atoms with Gasteiger partial charge in [-0.15, -0.1) is 0 Å². The van der Waals surface area contributed by atoms with Crippen molar-refractivity contribution in [3.63, 3.8) is 0 Å². The molecule has 2 rings (SSSR count). The number of nitrogens with one attached hydrogen (secondary N) is 1. The van der Waals surface area contributed by atoms with Gasteiger partial charge in [0.2, 0.25) is 0 Å². The van der Waals surface area contributed by atoms with Crippen molar-refractivity contribution in [3.05, 3.63) is 58.6 Å². The Balaban J connectivity index is 2.39. The van der Waals surface area contributed by atoms with E-state index in [0.717, 1.165) is 6.07 Å². The van der Waals surface area contributed by atoms with Gasteiger partial charge in [0.1, 0.15) is 0 Å². The van der Waals surface area contributed by atoms with E-state index in [9.17, 15) is 13.2 Å². The molecule has 2 aromatic rings. The van der Waals surface area contributed by atoms with Crippen molar-refractivity contribution in [2.75, 3.05) is 4.72 Å². The number of carboxylic acid groups (broad SMARTS) is 1. The SMILES string of the molecule is N#Cc1cccc(S(=O)(=O)Nc2ccc(Cl)c(C(=O)O)c2)c1. The molecule has 2 aromatic carbocycles. The second-order valence-corrected chi connectivity index (χ2v) is 6.33. The second-order valence-electron chi connectivity index (χ2n) is 4.24. The number of halogens is 1. The minimum Gasteiger partial charge on any atom is -0.478 e. The zero-order chi connectivity index (χ0) is 16.3. The van der Waals surface area contributed by atoms with Gasteiger partial charge >= 0.3 is 5.97 Å². The zero-order valence-corrected chi connectivity index (χ0v) is 12.5. The molecule has 0 saturated carbocycles. The molecule has 8 heteroatoms. The molecule has 0 aliphatic carbocycles. The number of hydrogen-bond donors (Lipinski definition) is 2. The molecule has 0 fully saturated rings. The fourth-order valence-corrected chi connectivity index (χ4v) is 2.99. The van der Waals surface area contributed by atoms with E-state index in [2.05, 4.69) is 4.72 Å². The van der Waals surface area contributed by atoms with Gasteiger partial charge in [-0.25, -0.2) is 13.2 Å². The van der Waals surface area contributed by atoms with E-state index in [1.165, 1.54) is 36.4 Å². The molecule has 6 nitrogen and oxygen atoms in total. The highest BCUT2D eigenvalue weighted by Crippen LogP contribution is 2.23. The lowest BCUT2D eigenvalue weighted by Gasteiger charge is -2.09. The summed E-state index contributed by atoms with van der Waals surface area (Å²) in [6.45, 7) is 0. The van der Waals surface area contributed by atoms with Crippen LogP contribution in [-0.2, 0) is 10.0 Å². The maximum absolute atomic E-state index is 12.2. The lowest BCUT2D eigenvalue weighted by atomic mass is 10.2. The molecule has 0 heterocycles. The highest BCUT2D eigenvalue weighted by atomic mass is 35.5. The van der Waals surface area contributed by atoms with E-state index < -0.39 is 16.0 Å². The van der Waals surface area contributed by atoms with Crippen molar-refractivity contribution in [1.29, 1.82) is 5.26 Å². The normalized spacial score (nSPS) is 10.7. The van der Waals surface area contributed by atoms with Gasteiger partial charge < -0.3 is 5.11 Å². The Morgan fingerprint density at radius 1 is 1.23 bits per heavy atom. The molecule has 0 aliphatic rings. The molecular weight excluding hydrogens is 328 g/mol. The number of carboxylic acids is 1. The van der Waals surface area contributed by atoms with Crippen molar-refractivity contribution in [1.82, 2.24) is 0 Å². The van der Waals surface area contributed by atoms with Crippen LogP contribution in [0.3, 0.4) is 0 Å². The monoisotopic (exact) mass is 336 g/mol. The average Bonchev–Trinajstić information content (AvgIpc) is 2.48. The number of hydrogen-bond acceptors (Lipinski definition) is 4. The molecule has 0 spiro atoms. The van der Waals surface area contributed by atoms with Crippen molar-refractivity contribution in [3.8, 4) is 6.07 Å². The largest absolute Gasteiger partial charge is 0.478 e. The van der Waals surface area contributed by atoms with Crippen LogP contribution in [0.2, 0.25) is 5.02 Å². The molecule has 0 aromatic heterocycles. The van der Waals surface area contributed by atoms with Crippen LogP contribution in [0.4, 0.5) is 5.69 Å². The standard InChI is InChI=1S/C14H9ClN2O4S/c15-13-5-4-10(7-12(13)14(18)19)17-22(20,21)11-3-1-2-9(6-11)8-16/h1-7,17H,(H,18,19). The van der Waals surface area contributed by atoms with Gasteiger partial charge in [-0.2, -0.15) is 5.26 Å². The summed E-state index contributed by atoms with van der Waals surface area (Å²) < 4.78 is 26.7. The fourth-order valence-electron chi connectivity index (χ4n) is 1.70. The first kappa shape index (κ1) is 15.8. The third-order valence-electron chi connectivity index (χ3n) is 2.72. The van der Waals surface area contributed by atoms with Gasteiger partial charge in [0, 0.05) is 5.69 Å². The van der Waals surface area contributed by atoms with Gasteiger partial charge in [0.05, 0.1) is 27.1 Å². The van der Waals surface area contributed by atoms with Crippen molar-refractivity contribution in [2.24, 2.45) is 0 Å². The number of benzene rings is 2. The van der Waals surface area contributed by atoms with Gasteiger partial charge in [-0.05, 0) is 36.4 Å². The molecule has 22 heavy (non-hydrogen) atoms. The smallest absolute Gasteiger partial charge is 0.337 e. The summed E-state index contributed by atoms with van der Waals surface area (Å²) >= 11 is 5.72. The lowest BCUT2D eigenvalue weighted by Crippen LogP contribution is -2.13. The number of nitriles is 1. The Bertz CT molecular complexity index is 888. The quantitative estimate of drug-likeness (QED) is 0.892. The maximum atomic E-state index is 12.2. The second kappa shape index (κ2) is 6.05. The Kier molecular flexibility index (Phi) is 4.35. The third kappa shape index (κ3) is 3.36. The number of rotatable bonds is 4. The number of sulfonamides is 1. The first-order valence-corrected chi connectivity index (χ1v) is 7.75. The highest BCUT2D eigenvalue weighted by Gasteiger charge is 2.16. The van der Waals surface area contributed by atoms with Crippen LogP contribution in [0.15, 0.2) is 47.4 Å². The molecule has 0 aliphatic heterocycles. The molecule has 0 amide bonds. The predicted molar refractivity (Wildman–Crippen MR) is 80.4 cm³/mol. The maximum Gasteiger partial charge on any atom is 0.337 e. The zero-order valence-electron chi connectivity index (χ0n) is 10.9. The van der Waals surface area contributed by atoms with Crippen LogP contribution in [0.25, 0.3) is 0 Å². The number of carbonyl (C=O) groups is 1. The minimum atomic E-state index is -3.94. The molecule has 0 radical (unpaired) electrons. The Labute approximate surface area is 131 Å². The van der Waals surface area contributed by atoms with Gasteiger partial charge in [0.25, 0.3) is 10.0 Å². The summed E-state index contributed by atoms with van der Waals surface area (Å²) in [5.74, 6) is -1.27. The fraction of sp³-hybridized carbons (Fsp3) is 0. The summed E-state index contributed by atoms with van der Waals surface area (Å²) in [7, 11) is -3.94. The van der Waals surface area contributed by atoms with E-state index in [-0.39, 0.29) is 26.7 Å². The minimum absolute atomic E-state index is 0.00178. The molecule has 0 unspecified atom stereocenters. The van der Waals surface area contributed by atoms with Gasteiger partial charge in [-0.3, -0.25) is 4.72 Å². The van der Waals surface area contributed by atoms with Gasteiger partial charge in [-0.1, -0.05) is 17.7 Å². The average molecular weight is 337 g/mol. The van der Waals surface area contributed by atoms with E-state index in [1.807, 2.05) is 6.07 Å². The van der Waals surface area contributed by atoms with Crippen LogP contribution in [0, 0.1) is 11.3 Å². The predicted octanol–water partition coefficient (Wildman–Crippen LogP) is 2.71. The van der Waals surface area contributed by atoms with Crippen molar-refractivity contribution < 1.29 is 18.3 Å². The molecule has 0 atom stereocenters. The highest BCUT2D eigenvalue weighted by molar-refractivity contribution is 7.92. The van der Waals surface area contributed by atoms with Crippen LogP contribution in [-0.4, -0.2) is 19.5 Å². The third-order valence-corrected chi connectivity index (χ3v) is 4.43. The van der Waals surface area contributed by atoms with Gasteiger partial charge in [0.15, 0.2) is 0 Å². The Morgan fingerprint density at radius 2 is 1.95 bits per heavy atom. The number of aromatic carboxylic acids is 1. The van der Waals surface area contributed by atoms with Crippen LogP contribution in [0.5, 0.6) is 0 Å². The molecule has 2 N–H and O–H groups in total. The van der Waals surface area contributed by atoms with Crippen molar-refractivity contribution in [2.45, 2.75) is 4.90 Å². The van der Waals surface area contributed by atoms with E-state index >= 15 is 0 Å². The molecule has 112 valence electrons. The van der Waals surface area contributed by atoms with Crippen LogP contribution in [0.1, 0.15) is 15.9 Å². The topological polar surface area (TPSA) is 107 Å². The first-order valence-electron chi connectivity index (χ1n) is 5.89. The molecule has 0 bridgehead atoms. The molecule has 0 saturated heterocycles. The summed E-state index contributed by atoms with van der Waals surface area (Å²) in [5, 5.41) is 17.8. The molecular formula is C14H9ClN2O4S.